The number of methoxy groups -OCH3 is 1. The van der Waals surface area contributed by atoms with Gasteiger partial charge in [-0.05, 0) is 150 Å². The van der Waals surface area contributed by atoms with Crippen molar-refractivity contribution >= 4 is 33.3 Å². The third kappa shape index (κ3) is 22.2. The molecule has 90 heavy (non-hydrogen) atoms. The third-order valence-corrected chi connectivity index (χ3v) is 39.4. The molecular weight excluding hydrogens is 1180 g/mol. The molecule has 0 aliphatic carbocycles. The Labute approximate surface area is 556 Å². The van der Waals surface area contributed by atoms with E-state index in [9.17, 15) is 5.11 Å². The molecule has 0 unspecified atom stereocenters. The van der Waals surface area contributed by atoms with Gasteiger partial charge >= 0.3 is 0 Å². The molecule has 12 heteroatoms. The first-order chi connectivity index (χ1) is 41.5. The highest BCUT2D eigenvalue weighted by atomic mass is 28.4. The summed E-state index contributed by atoms with van der Waals surface area (Å²) in [7, 11) is -7.35. The van der Waals surface area contributed by atoms with Crippen LogP contribution in [0.2, 0.25) is 72.5 Å². The fourth-order valence-corrected chi connectivity index (χ4v) is 16.9. The van der Waals surface area contributed by atoms with Gasteiger partial charge in [-0.2, -0.15) is 0 Å². The van der Waals surface area contributed by atoms with Gasteiger partial charge in [-0.25, -0.2) is 0 Å². The molecule has 0 fully saturated rings. The van der Waals surface area contributed by atoms with Gasteiger partial charge in [-0.15, -0.1) is 0 Å². The molecule has 11 atom stereocenters. The largest absolute Gasteiger partial charge is 0.497 e. The number of aliphatic hydroxyl groups excluding tert-OH is 1. The van der Waals surface area contributed by atoms with Crippen LogP contribution in [0.25, 0.3) is 0 Å². The normalized spacial score (nSPS) is 17.6. The summed E-state index contributed by atoms with van der Waals surface area (Å²) in [6.07, 6.45) is 12.5. The predicted octanol–water partition coefficient (Wildman–Crippen LogP) is 21.6. The molecule has 4 rings (SSSR count). The molecule has 8 nitrogen and oxygen atoms in total. The van der Waals surface area contributed by atoms with E-state index in [4.69, 9.17) is 31.9 Å². The van der Waals surface area contributed by atoms with Gasteiger partial charge in [0.25, 0.3) is 0 Å². The number of rotatable bonds is 35. The molecule has 0 saturated carbocycles. The zero-order valence-electron chi connectivity index (χ0n) is 61.9. The first-order valence-electron chi connectivity index (χ1n) is 34.3. The van der Waals surface area contributed by atoms with Crippen molar-refractivity contribution in [1.29, 1.82) is 0 Å². The Morgan fingerprint density at radius 2 is 0.889 bits per heavy atom. The lowest BCUT2D eigenvalue weighted by molar-refractivity contribution is -0.0737. The smallest absolute Gasteiger partial charge is 0.192 e. The van der Waals surface area contributed by atoms with Crippen molar-refractivity contribution in [3.05, 3.63) is 162 Å². The van der Waals surface area contributed by atoms with Crippen molar-refractivity contribution in [2.45, 2.75) is 266 Å². The van der Waals surface area contributed by atoms with Crippen LogP contribution in [-0.2, 0) is 39.4 Å². The Morgan fingerprint density at radius 3 is 1.32 bits per heavy atom. The van der Waals surface area contributed by atoms with E-state index in [0.29, 0.717) is 19.1 Å². The second kappa shape index (κ2) is 33.4. The van der Waals surface area contributed by atoms with E-state index in [1.54, 1.807) is 7.11 Å². The van der Waals surface area contributed by atoms with Gasteiger partial charge in [0, 0.05) is 24.9 Å². The number of ether oxygens (including phenoxy) is 3. The summed E-state index contributed by atoms with van der Waals surface area (Å²) in [6, 6.07) is 40.0. The molecule has 506 valence electrons. The number of hydrogen-bond donors (Lipinski definition) is 1. The lowest BCUT2D eigenvalue weighted by atomic mass is 9.80. The van der Waals surface area contributed by atoms with Gasteiger partial charge in [-0.1, -0.05) is 252 Å². The second-order valence-electron chi connectivity index (χ2n) is 33.0. The maximum Gasteiger partial charge on any atom is 0.192 e. The topological polar surface area (TPSA) is 84.8 Å². The van der Waals surface area contributed by atoms with Gasteiger partial charge in [0.1, 0.15) is 11.4 Å². The molecular formula is C78H130O8Si4. The van der Waals surface area contributed by atoms with Crippen molar-refractivity contribution in [1.82, 2.24) is 0 Å². The minimum atomic E-state index is -2.30. The van der Waals surface area contributed by atoms with E-state index in [0.717, 1.165) is 53.7 Å². The molecule has 4 aromatic carbocycles. The van der Waals surface area contributed by atoms with Crippen molar-refractivity contribution in [3.8, 4) is 5.75 Å². The van der Waals surface area contributed by atoms with E-state index in [1.807, 2.05) is 12.1 Å². The van der Waals surface area contributed by atoms with Crippen molar-refractivity contribution in [2.75, 3.05) is 20.3 Å². The van der Waals surface area contributed by atoms with Gasteiger partial charge in [-0.3, -0.25) is 0 Å². The summed E-state index contributed by atoms with van der Waals surface area (Å²) in [5, 5.41) is 10.7. The van der Waals surface area contributed by atoms with Crippen LogP contribution in [-0.4, -0.2) is 89.2 Å². The highest BCUT2D eigenvalue weighted by Crippen LogP contribution is 2.46. The fraction of sp³-hybridized carbons (Fsp3) is 0.641. The summed E-state index contributed by atoms with van der Waals surface area (Å²) in [5.41, 5.74) is 3.52. The molecule has 4 aromatic rings. The number of aliphatic hydroxyl groups is 1. The lowest BCUT2D eigenvalue weighted by Crippen LogP contribution is -2.48. The molecule has 0 bridgehead atoms. The zero-order chi connectivity index (χ0) is 67.9. The Bertz CT molecular complexity index is 2640. The minimum absolute atomic E-state index is 0.000461. The van der Waals surface area contributed by atoms with Crippen LogP contribution in [0.15, 0.2) is 140 Å². The average Bonchev–Trinajstić information content (AvgIpc) is 0.816. The monoisotopic (exact) mass is 1310 g/mol. The first kappa shape index (κ1) is 79.2. The van der Waals surface area contributed by atoms with Gasteiger partial charge < -0.3 is 37.0 Å². The van der Waals surface area contributed by atoms with Crippen molar-refractivity contribution in [2.24, 2.45) is 35.5 Å². The molecule has 0 aromatic heterocycles. The standard InChI is InChI=1S/C78H130O8Si4/c1-58(45-52-70(84-88(22,23)75(10,11)12)63(6)73(62(5)56-79)81-57-64-47-50-68(80-19)51-48-64)54-61(4)72(86-90(26,27)77(16,17)18)60(3)46-49-69(83-87(20,21)74(7,8)9)55-71(85-89(24,25)76(13,14)15)59(2)38-37-53-82-78(65-39-31-28-32-40-65,66-41-33-29-34-42-66)67-43-35-30-36-44-67/h28-44,46-51,58-63,69-73,79H,45,52-57H2,1-27H3/b38-37+,49-46-/t58-,59-,60-,61+,62-,63-,69+,70-,71-,72-,73-/m0/s1. The predicted molar refractivity (Wildman–Crippen MR) is 394 cm³/mol. The third-order valence-electron chi connectivity index (χ3n) is 21.4. The second-order valence-corrected chi connectivity index (χ2v) is 52.0. The van der Waals surface area contributed by atoms with Crippen molar-refractivity contribution < 1.29 is 37.0 Å². The number of benzene rings is 4. The fourth-order valence-electron chi connectivity index (χ4n) is 11.3. The van der Waals surface area contributed by atoms with E-state index < -0.39 is 38.9 Å². The molecule has 0 radical (unpaired) electrons. The Kier molecular flexibility index (Phi) is 29.4. The van der Waals surface area contributed by atoms with E-state index in [1.165, 1.54) is 0 Å². The Morgan fingerprint density at radius 1 is 0.456 bits per heavy atom. The summed E-state index contributed by atoms with van der Waals surface area (Å²) in [6.45, 7) is 62.1. The average molecular weight is 1310 g/mol. The van der Waals surface area contributed by atoms with Crippen LogP contribution in [0.5, 0.6) is 5.75 Å². The molecule has 0 spiro atoms. The van der Waals surface area contributed by atoms with E-state index >= 15 is 0 Å². The summed E-state index contributed by atoms with van der Waals surface area (Å²) in [4.78, 5) is 0. The molecule has 0 heterocycles. The van der Waals surface area contributed by atoms with Gasteiger partial charge in [0.15, 0.2) is 33.3 Å². The first-order valence-corrected chi connectivity index (χ1v) is 45.9. The lowest BCUT2D eigenvalue weighted by Gasteiger charge is -2.44. The molecule has 0 aliphatic rings. The highest BCUT2D eigenvalue weighted by Gasteiger charge is 2.46. The molecule has 0 saturated heterocycles. The van der Waals surface area contributed by atoms with Crippen LogP contribution < -0.4 is 4.74 Å². The number of hydrogen-bond acceptors (Lipinski definition) is 8. The van der Waals surface area contributed by atoms with Crippen molar-refractivity contribution in [3.63, 3.8) is 0 Å². The van der Waals surface area contributed by atoms with Crippen LogP contribution in [0.4, 0.5) is 0 Å². The van der Waals surface area contributed by atoms with Crippen LogP contribution >= 0.6 is 0 Å². The summed E-state index contributed by atoms with van der Waals surface area (Å²) < 4.78 is 49.8. The van der Waals surface area contributed by atoms with Crippen LogP contribution in [0.1, 0.15) is 173 Å². The Hall–Kier alpha value is -3.25. The van der Waals surface area contributed by atoms with E-state index in [-0.39, 0.29) is 86.9 Å². The van der Waals surface area contributed by atoms with E-state index in [2.05, 4.69) is 304 Å². The highest BCUT2D eigenvalue weighted by molar-refractivity contribution is 6.75. The summed E-state index contributed by atoms with van der Waals surface area (Å²) >= 11 is 0. The summed E-state index contributed by atoms with van der Waals surface area (Å²) in [5.74, 6) is 1.65. The maximum absolute atomic E-state index is 10.7. The van der Waals surface area contributed by atoms with Crippen LogP contribution in [0, 0.1) is 35.5 Å². The van der Waals surface area contributed by atoms with Crippen LogP contribution in [0.3, 0.4) is 0 Å². The maximum atomic E-state index is 10.7. The zero-order valence-corrected chi connectivity index (χ0v) is 65.9. The molecule has 1 N–H and O–H groups in total. The quantitative estimate of drug-likeness (QED) is 0.0277. The van der Waals surface area contributed by atoms with Gasteiger partial charge in [0.05, 0.1) is 50.8 Å². The Balaban J connectivity index is 1.72. The molecule has 0 aliphatic heterocycles. The molecule has 0 amide bonds. The van der Waals surface area contributed by atoms with Gasteiger partial charge in [0.2, 0.25) is 0 Å². The SMILES string of the molecule is COc1ccc(CO[C@H]([C@@H](C)[C@H](CC[C@H](C)C[C@@H](C)[C@@H](O[Si](C)(C)C(C)(C)C)[C@@H](C)/C=C\[C@H](C[C@H](O[Si](C)(C)C(C)(C)C)[C@@H](C)/C=C/COC(c2ccccc2)(c2ccccc2)c2ccccc2)O[Si](C)(C)C(C)(C)C)O[Si](C)(C)C(C)(C)C)[C@@H](C)CO)cc1. The minimum Gasteiger partial charge on any atom is -0.497 e.